The molecule has 0 spiro atoms. The quantitative estimate of drug-likeness (QED) is 0.755. The summed E-state index contributed by atoms with van der Waals surface area (Å²) in [6.45, 7) is 5.93. The maximum absolute atomic E-state index is 12.3. The van der Waals surface area contributed by atoms with Gasteiger partial charge >= 0.3 is 6.09 Å². The molecule has 1 aliphatic rings. The number of nitrogens with zero attached hydrogens (tertiary/aromatic N) is 1. The number of imide groups is 1. The van der Waals surface area contributed by atoms with Gasteiger partial charge in [-0.15, -0.1) is 6.58 Å². The molecule has 2 rings (SSSR count). The number of hydrogen-bond donors (Lipinski definition) is 0. The van der Waals surface area contributed by atoms with E-state index in [-0.39, 0.29) is 24.5 Å². The van der Waals surface area contributed by atoms with Crippen LogP contribution in [0.4, 0.5) is 4.79 Å². The maximum atomic E-state index is 12.3. The topological polar surface area (TPSA) is 46.6 Å². The number of carbonyl (C=O) groups is 2. The van der Waals surface area contributed by atoms with Crippen molar-refractivity contribution >= 4 is 12.0 Å². The summed E-state index contributed by atoms with van der Waals surface area (Å²) in [6, 6.07) is 9.62. The fourth-order valence-electron chi connectivity index (χ4n) is 2.57. The van der Waals surface area contributed by atoms with Gasteiger partial charge in [0, 0.05) is 6.42 Å². The van der Waals surface area contributed by atoms with E-state index in [0.717, 1.165) is 12.0 Å². The predicted molar refractivity (Wildman–Crippen MR) is 80.7 cm³/mol. The number of cyclic esters (lactones) is 1. The van der Waals surface area contributed by atoms with Gasteiger partial charge in [0.2, 0.25) is 5.91 Å². The normalized spacial score (nSPS) is 19.2. The zero-order valence-corrected chi connectivity index (χ0v) is 12.3. The Labute approximate surface area is 125 Å². The fraction of sp³-hybridized carbons (Fsp3) is 0.412. The molecule has 0 bridgehead atoms. The monoisotopic (exact) mass is 287 g/mol. The number of allylic oxidation sites excluding steroid dienone is 1. The van der Waals surface area contributed by atoms with E-state index in [1.165, 1.54) is 4.90 Å². The van der Waals surface area contributed by atoms with E-state index in [9.17, 15) is 9.59 Å². The first-order chi connectivity index (χ1) is 10.1. The third-order valence-electron chi connectivity index (χ3n) is 3.64. The number of carbonyl (C=O) groups excluding carboxylic acids is 2. The van der Waals surface area contributed by atoms with Gasteiger partial charge in [0.15, 0.2) is 0 Å². The van der Waals surface area contributed by atoms with E-state index in [4.69, 9.17) is 4.74 Å². The van der Waals surface area contributed by atoms with E-state index in [2.05, 4.69) is 6.58 Å². The molecule has 1 saturated heterocycles. The lowest BCUT2D eigenvalue weighted by Gasteiger charge is -2.21. The third-order valence-corrected chi connectivity index (χ3v) is 3.64. The highest BCUT2D eigenvalue weighted by atomic mass is 16.6. The lowest BCUT2D eigenvalue weighted by molar-refractivity contribution is -0.130. The second-order valence-electron chi connectivity index (χ2n) is 5.52. The molecule has 2 amide bonds. The van der Waals surface area contributed by atoms with Crippen LogP contribution in [0.2, 0.25) is 0 Å². The summed E-state index contributed by atoms with van der Waals surface area (Å²) in [7, 11) is 0. The van der Waals surface area contributed by atoms with Crippen LogP contribution in [0.15, 0.2) is 43.0 Å². The summed E-state index contributed by atoms with van der Waals surface area (Å²) in [4.78, 5) is 25.4. The van der Waals surface area contributed by atoms with Crippen molar-refractivity contribution in [2.45, 2.75) is 32.2 Å². The summed E-state index contributed by atoms with van der Waals surface area (Å²) in [6.07, 6.45) is 3.01. The molecule has 1 aromatic carbocycles. The van der Waals surface area contributed by atoms with Gasteiger partial charge < -0.3 is 4.74 Å². The summed E-state index contributed by atoms with van der Waals surface area (Å²) in [5.74, 6) is 0.0218. The van der Waals surface area contributed by atoms with Gasteiger partial charge in [-0.1, -0.05) is 43.3 Å². The highest BCUT2D eigenvalue weighted by molar-refractivity contribution is 5.93. The molecule has 1 aliphatic heterocycles. The molecule has 1 heterocycles. The van der Waals surface area contributed by atoms with E-state index in [1.54, 1.807) is 6.08 Å². The average Bonchev–Trinajstić information content (AvgIpc) is 2.81. The van der Waals surface area contributed by atoms with Gasteiger partial charge in [0.05, 0.1) is 6.04 Å². The van der Waals surface area contributed by atoms with Crippen LogP contribution in [-0.2, 0) is 16.0 Å². The number of amides is 2. The number of rotatable bonds is 6. The molecule has 1 aromatic rings. The first-order valence-electron chi connectivity index (χ1n) is 7.25. The number of benzene rings is 1. The van der Waals surface area contributed by atoms with E-state index in [1.807, 2.05) is 37.3 Å². The van der Waals surface area contributed by atoms with E-state index in [0.29, 0.717) is 12.8 Å². The molecule has 0 unspecified atom stereocenters. The molecule has 0 saturated carbocycles. The van der Waals surface area contributed by atoms with Crippen molar-refractivity contribution in [2.75, 3.05) is 6.61 Å². The molecular formula is C17H21NO3. The highest BCUT2D eigenvalue weighted by Crippen LogP contribution is 2.20. The smallest absolute Gasteiger partial charge is 0.416 e. The summed E-state index contributed by atoms with van der Waals surface area (Å²) in [5, 5.41) is 0. The molecule has 0 aromatic heterocycles. The van der Waals surface area contributed by atoms with Gasteiger partial charge in [0.25, 0.3) is 0 Å². The Hall–Kier alpha value is -2.10. The first kappa shape index (κ1) is 15.3. The van der Waals surface area contributed by atoms with Crippen LogP contribution in [0, 0.1) is 5.92 Å². The van der Waals surface area contributed by atoms with Crippen LogP contribution in [0.5, 0.6) is 0 Å². The second-order valence-corrected chi connectivity index (χ2v) is 5.52. The van der Waals surface area contributed by atoms with Crippen LogP contribution in [-0.4, -0.2) is 29.5 Å². The third kappa shape index (κ3) is 3.94. The van der Waals surface area contributed by atoms with Crippen molar-refractivity contribution in [3.63, 3.8) is 0 Å². The Morgan fingerprint density at radius 3 is 2.86 bits per heavy atom. The van der Waals surface area contributed by atoms with Crippen molar-refractivity contribution in [1.29, 1.82) is 0 Å². The minimum absolute atomic E-state index is 0.159. The zero-order chi connectivity index (χ0) is 15.2. The van der Waals surface area contributed by atoms with Crippen molar-refractivity contribution in [3.8, 4) is 0 Å². The van der Waals surface area contributed by atoms with Crippen molar-refractivity contribution in [2.24, 2.45) is 5.92 Å². The molecule has 0 aliphatic carbocycles. The van der Waals surface area contributed by atoms with Crippen LogP contribution in [0.1, 0.15) is 25.3 Å². The standard InChI is InChI=1S/C17H21NO3/c1-3-7-13(2)10-16(19)18-15(12-21-17(18)20)11-14-8-5-4-6-9-14/h3-6,8-9,13,15H,1,7,10-12H2,2H3/t13-,15+/m1/s1. The van der Waals surface area contributed by atoms with Crippen LogP contribution >= 0.6 is 0 Å². The fourth-order valence-corrected chi connectivity index (χ4v) is 2.57. The minimum Gasteiger partial charge on any atom is -0.447 e. The predicted octanol–water partition coefficient (Wildman–Crippen LogP) is 3.18. The SMILES string of the molecule is C=CC[C@@H](C)CC(=O)N1C(=O)OC[C@@H]1Cc1ccccc1. The van der Waals surface area contributed by atoms with Gasteiger partial charge in [-0.05, 0) is 24.3 Å². The maximum Gasteiger partial charge on any atom is 0.416 e. The highest BCUT2D eigenvalue weighted by Gasteiger charge is 2.37. The minimum atomic E-state index is -0.522. The second kappa shape index (κ2) is 7.07. The lowest BCUT2D eigenvalue weighted by Crippen LogP contribution is -2.40. The Morgan fingerprint density at radius 1 is 1.48 bits per heavy atom. The summed E-state index contributed by atoms with van der Waals surface area (Å²) >= 11 is 0. The Kier molecular flexibility index (Phi) is 5.14. The largest absolute Gasteiger partial charge is 0.447 e. The van der Waals surface area contributed by atoms with Gasteiger partial charge in [-0.3, -0.25) is 4.79 Å². The molecule has 1 fully saturated rings. The van der Waals surface area contributed by atoms with Gasteiger partial charge in [-0.2, -0.15) is 0 Å². The average molecular weight is 287 g/mol. The van der Waals surface area contributed by atoms with Crippen molar-refractivity contribution < 1.29 is 14.3 Å². The van der Waals surface area contributed by atoms with Crippen LogP contribution in [0.3, 0.4) is 0 Å². The lowest BCUT2D eigenvalue weighted by atomic mass is 10.0. The molecule has 2 atom stereocenters. The summed E-state index contributed by atoms with van der Waals surface area (Å²) in [5.41, 5.74) is 1.10. The first-order valence-corrected chi connectivity index (χ1v) is 7.25. The van der Waals surface area contributed by atoms with Gasteiger partial charge in [0.1, 0.15) is 6.61 Å². The molecular weight excluding hydrogens is 266 g/mol. The Bertz CT molecular complexity index is 512. The molecule has 112 valence electrons. The van der Waals surface area contributed by atoms with Crippen LogP contribution < -0.4 is 0 Å². The number of ether oxygens (including phenoxy) is 1. The van der Waals surface area contributed by atoms with Gasteiger partial charge in [-0.25, -0.2) is 9.69 Å². The molecule has 0 radical (unpaired) electrons. The number of hydrogen-bond acceptors (Lipinski definition) is 3. The molecule has 4 nitrogen and oxygen atoms in total. The summed E-state index contributed by atoms with van der Waals surface area (Å²) < 4.78 is 5.06. The van der Waals surface area contributed by atoms with E-state index < -0.39 is 6.09 Å². The molecule has 21 heavy (non-hydrogen) atoms. The zero-order valence-electron chi connectivity index (χ0n) is 12.3. The van der Waals surface area contributed by atoms with E-state index >= 15 is 0 Å². The molecule has 4 heteroatoms. The van der Waals surface area contributed by atoms with Crippen molar-refractivity contribution in [3.05, 3.63) is 48.6 Å². The van der Waals surface area contributed by atoms with Crippen molar-refractivity contribution in [1.82, 2.24) is 4.90 Å². The Morgan fingerprint density at radius 2 is 2.19 bits per heavy atom. The Balaban J connectivity index is 2.02. The molecule has 0 N–H and O–H groups in total. The van der Waals surface area contributed by atoms with Crippen LogP contribution in [0.25, 0.3) is 0 Å².